The molecule has 0 saturated carbocycles. The summed E-state index contributed by atoms with van der Waals surface area (Å²) in [5.74, 6) is 1.44. The lowest BCUT2D eigenvalue weighted by Gasteiger charge is -2.16. The molecule has 4 aromatic carbocycles. The molecule has 36 heavy (non-hydrogen) atoms. The topological polar surface area (TPSA) is 34.1 Å². The van der Waals surface area contributed by atoms with Crippen LogP contribution in [0.5, 0.6) is 0 Å². The first kappa shape index (κ1) is 24.9. The van der Waals surface area contributed by atoms with Crippen molar-refractivity contribution >= 4 is 122 Å². The minimum atomic E-state index is -0.00727. The molecule has 0 saturated heterocycles. The van der Waals surface area contributed by atoms with E-state index in [-0.39, 0.29) is 8.11 Å². The van der Waals surface area contributed by atoms with E-state index < -0.39 is 0 Å². The zero-order valence-electron chi connectivity index (χ0n) is 18.2. The third kappa shape index (κ3) is 4.56. The maximum Gasteiger partial charge on any atom is 0.288 e. The largest absolute Gasteiger partial charge is 0.288 e. The summed E-state index contributed by atoms with van der Waals surface area (Å²) in [6.07, 6.45) is 0. The zero-order chi connectivity index (χ0) is 24.8. The lowest BCUT2D eigenvalue weighted by atomic mass is 10.1. The van der Waals surface area contributed by atoms with E-state index in [1.807, 2.05) is 36.4 Å². The normalized spacial score (nSPS) is 11.7. The molecule has 2 nitrogen and oxygen atoms in total. The van der Waals surface area contributed by atoms with E-state index in [4.69, 9.17) is 23.2 Å². The van der Waals surface area contributed by atoms with E-state index in [0.717, 1.165) is 50.9 Å². The second-order valence-corrected chi connectivity index (χ2v) is 15.0. The van der Waals surface area contributed by atoms with Gasteiger partial charge in [0.05, 0.1) is 28.8 Å². The minimum Gasteiger partial charge on any atom is -0.265 e. The molecular weight excluding hydrogens is 608 g/mol. The summed E-state index contributed by atoms with van der Waals surface area (Å²) in [7, 11) is 0. The van der Waals surface area contributed by atoms with Crippen LogP contribution in [0.4, 0.5) is 0 Å². The highest BCUT2D eigenvalue weighted by Crippen LogP contribution is 2.53. The summed E-state index contributed by atoms with van der Waals surface area (Å²) in [6, 6.07) is 20.4. The van der Waals surface area contributed by atoms with Crippen LogP contribution in [0.25, 0.3) is 29.6 Å². The van der Waals surface area contributed by atoms with Gasteiger partial charge in [0.25, 0.3) is 8.11 Å². The number of halogens is 2. The Kier molecular flexibility index (Phi) is 7.22. The zero-order valence-corrected chi connectivity index (χ0v) is 24.6. The molecule has 180 valence electrons. The Morgan fingerprint density at radius 1 is 0.556 bits per heavy atom. The molecule has 0 unspecified atom stereocenters. The van der Waals surface area contributed by atoms with Gasteiger partial charge in [-0.2, -0.15) is 0 Å². The third-order valence-electron chi connectivity index (χ3n) is 5.56. The third-order valence-corrected chi connectivity index (χ3v) is 13.5. The summed E-state index contributed by atoms with van der Waals surface area (Å²) >= 11 is 22.1. The second kappa shape index (κ2) is 10.4. The fourth-order valence-corrected chi connectivity index (χ4v) is 11.7. The number of hydrogen-bond donors (Lipinski definition) is 0. The SMILES string of the molecule is O=c1sc2c(Cl)c(SCc3ccccc3)c3c4sc(=O)sc4c(Cl)c(SCc4ccccc4)c3c2s1. The second-order valence-electron chi connectivity index (χ2n) is 7.81. The Bertz CT molecular complexity index is 1720. The van der Waals surface area contributed by atoms with E-state index in [0.29, 0.717) is 10.0 Å². The number of thioether (sulfide) groups is 2. The quantitative estimate of drug-likeness (QED) is 0.173. The van der Waals surface area contributed by atoms with Gasteiger partial charge in [0.15, 0.2) is 0 Å². The molecule has 0 fully saturated rings. The first-order valence-corrected chi connectivity index (χ1v) is 16.7. The summed E-state index contributed by atoms with van der Waals surface area (Å²) in [5, 5.41) is 3.02. The van der Waals surface area contributed by atoms with E-state index in [1.165, 1.54) is 56.5 Å². The molecule has 10 heteroatoms. The van der Waals surface area contributed by atoms with E-state index in [1.54, 1.807) is 23.5 Å². The van der Waals surface area contributed by atoms with Gasteiger partial charge in [-0.1, -0.05) is 129 Å². The number of fused-ring (bicyclic) bond motifs is 5. The molecule has 0 aliphatic heterocycles. The van der Waals surface area contributed by atoms with Crippen molar-refractivity contribution in [2.75, 3.05) is 0 Å². The van der Waals surface area contributed by atoms with Crippen LogP contribution in [0.2, 0.25) is 10.0 Å². The maximum absolute atomic E-state index is 12.6. The Morgan fingerprint density at radius 3 is 1.31 bits per heavy atom. The maximum atomic E-state index is 12.6. The van der Waals surface area contributed by atoms with Gasteiger partial charge >= 0.3 is 0 Å². The molecule has 2 aromatic heterocycles. The molecule has 0 amide bonds. The van der Waals surface area contributed by atoms with Crippen LogP contribution in [0, 0.1) is 0 Å². The monoisotopic (exact) mass is 620 g/mol. The lowest BCUT2D eigenvalue weighted by molar-refractivity contribution is 1.40. The fraction of sp³-hybridized carbons (Fsp3) is 0.0769. The molecule has 0 spiro atoms. The number of benzene rings is 4. The molecular formula is C26H14Cl2O2S6. The van der Waals surface area contributed by atoms with Crippen LogP contribution in [0.15, 0.2) is 80.0 Å². The van der Waals surface area contributed by atoms with Gasteiger partial charge in [-0.15, -0.1) is 23.5 Å². The highest BCUT2D eigenvalue weighted by Gasteiger charge is 2.25. The Morgan fingerprint density at radius 2 is 0.917 bits per heavy atom. The standard InChI is InChI=1S/C26H14Cl2O2S6/c27-17-19(31-11-13-7-3-1-4-8-13)15-16(22-23(17)35-26(30)34-22)20(32-12-14-9-5-2-6-10-14)18(28)24-21(15)33-25(29)36-24/h1-10H,11-12H2. The van der Waals surface area contributed by atoms with Crippen molar-refractivity contribution in [1.29, 1.82) is 0 Å². The average molecular weight is 622 g/mol. The highest BCUT2D eigenvalue weighted by molar-refractivity contribution is 7.99. The van der Waals surface area contributed by atoms with E-state index in [2.05, 4.69) is 24.3 Å². The van der Waals surface area contributed by atoms with Crippen molar-refractivity contribution in [3.05, 3.63) is 99.5 Å². The Hall–Kier alpha value is -1.36. The van der Waals surface area contributed by atoms with Crippen LogP contribution in [0.3, 0.4) is 0 Å². The highest BCUT2D eigenvalue weighted by atomic mass is 35.5. The number of hydrogen-bond acceptors (Lipinski definition) is 8. The van der Waals surface area contributed by atoms with Gasteiger partial charge in [0, 0.05) is 32.1 Å². The van der Waals surface area contributed by atoms with Gasteiger partial charge in [0.2, 0.25) is 0 Å². The smallest absolute Gasteiger partial charge is 0.265 e. The first-order chi connectivity index (χ1) is 17.5. The number of rotatable bonds is 6. The summed E-state index contributed by atoms with van der Waals surface area (Å²) in [6.45, 7) is 0. The predicted molar refractivity (Wildman–Crippen MR) is 165 cm³/mol. The van der Waals surface area contributed by atoms with Gasteiger partial charge in [0.1, 0.15) is 0 Å². The van der Waals surface area contributed by atoms with E-state index >= 15 is 0 Å². The summed E-state index contributed by atoms with van der Waals surface area (Å²) < 4.78 is 3.25. The van der Waals surface area contributed by atoms with Gasteiger partial charge in [-0.05, 0) is 11.1 Å². The molecule has 0 bridgehead atoms. The Labute approximate surface area is 240 Å². The molecule has 0 aliphatic carbocycles. The molecule has 0 radical (unpaired) electrons. The first-order valence-electron chi connectivity index (χ1n) is 10.7. The van der Waals surface area contributed by atoms with Crippen molar-refractivity contribution in [3.8, 4) is 0 Å². The predicted octanol–water partition coefficient (Wildman–Crippen LogP) is 10.0. The fourth-order valence-electron chi connectivity index (χ4n) is 4.00. The molecule has 6 aromatic rings. The molecule has 2 heterocycles. The lowest BCUT2D eigenvalue weighted by Crippen LogP contribution is -1.89. The van der Waals surface area contributed by atoms with Crippen molar-refractivity contribution < 1.29 is 0 Å². The molecule has 0 N–H and O–H groups in total. The van der Waals surface area contributed by atoms with Crippen LogP contribution in [-0.2, 0) is 11.5 Å². The van der Waals surface area contributed by atoms with Crippen LogP contribution >= 0.6 is 92.1 Å². The van der Waals surface area contributed by atoms with Crippen molar-refractivity contribution in [2.45, 2.75) is 21.3 Å². The molecule has 0 aliphatic rings. The molecule has 0 atom stereocenters. The van der Waals surface area contributed by atoms with Crippen molar-refractivity contribution in [3.63, 3.8) is 0 Å². The molecule has 6 rings (SSSR count). The van der Waals surface area contributed by atoms with Crippen molar-refractivity contribution in [2.24, 2.45) is 0 Å². The van der Waals surface area contributed by atoms with Gasteiger partial charge in [-0.3, -0.25) is 9.59 Å². The van der Waals surface area contributed by atoms with E-state index in [9.17, 15) is 9.59 Å². The minimum absolute atomic E-state index is 0.00727. The van der Waals surface area contributed by atoms with Crippen LogP contribution in [0.1, 0.15) is 11.1 Å². The van der Waals surface area contributed by atoms with Crippen molar-refractivity contribution in [1.82, 2.24) is 0 Å². The average Bonchev–Trinajstić information content (AvgIpc) is 3.48. The van der Waals surface area contributed by atoms with Crippen LogP contribution in [-0.4, -0.2) is 0 Å². The van der Waals surface area contributed by atoms with Crippen LogP contribution < -0.4 is 8.11 Å². The summed E-state index contributed by atoms with van der Waals surface area (Å²) in [4.78, 5) is 27.0. The Balaban J connectivity index is 1.66. The summed E-state index contributed by atoms with van der Waals surface area (Å²) in [5.41, 5.74) is 2.35. The van der Waals surface area contributed by atoms with Gasteiger partial charge in [-0.25, -0.2) is 0 Å². The van der Waals surface area contributed by atoms with Gasteiger partial charge < -0.3 is 0 Å².